The molecule has 1 aromatic carbocycles. The van der Waals surface area contributed by atoms with Gasteiger partial charge in [-0.05, 0) is 38.3 Å². The first-order chi connectivity index (χ1) is 9.05. The zero-order chi connectivity index (χ0) is 13.9. The third-order valence-electron chi connectivity index (χ3n) is 3.95. The number of carbonyl (C=O) groups is 1. The number of anilines is 1. The third kappa shape index (κ3) is 3.07. The molecule has 1 aromatic rings. The average molecular weight is 262 g/mol. The van der Waals surface area contributed by atoms with Gasteiger partial charge in [0.1, 0.15) is 5.54 Å². The summed E-state index contributed by atoms with van der Waals surface area (Å²) in [5, 5.41) is 3.33. The summed E-state index contributed by atoms with van der Waals surface area (Å²) in [6.07, 6.45) is 3.42. The Morgan fingerprint density at radius 2 is 2.11 bits per heavy atom. The minimum Gasteiger partial charge on any atom is -0.381 e. The molecule has 2 rings (SSSR count). The summed E-state index contributed by atoms with van der Waals surface area (Å²) in [5.41, 5.74) is 7.08. The fraction of sp³-hybridized carbons (Fsp3) is 0.533. The van der Waals surface area contributed by atoms with Crippen LogP contribution in [0.1, 0.15) is 31.2 Å². The van der Waals surface area contributed by atoms with E-state index in [0.717, 1.165) is 24.9 Å². The van der Waals surface area contributed by atoms with Crippen molar-refractivity contribution in [2.24, 2.45) is 5.73 Å². The molecule has 0 bridgehead atoms. The minimum absolute atomic E-state index is 0.0965. The summed E-state index contributed by atoms with van der Waals surface area (Å²) >= 11 is 0. The maximum absolute atomic E-state index is 11.9. The molecule has 0 aromatic heterocycles. The van der Waals surface area contributed by atoms with Crippen LogP contribution in [0, 0.1) is 6.92 Å². The van der Waals surface area contributed by atoms with E-state index >= 15 is 0 Å². The first kappa shape index (κ1) is 13.9. The van der Waals surface area contributed by atoms with Crippen molar-refractivity contribution in [1.82, 2.24) is 0 Å². The number of benzene rings is 1. The molecule has 0 saturated heterocycles. The molecule has 104 valence electrons. The Morgan fingerprint density at radius 1 is 1.42 bits per heavy atom. The number of aryl methyl sites for hydroxylation is 1. The summed E-state index contributed by atoms with van der Waals surface area (Å²) in [4.78, 5) is 11.9. The van der Waals surface area contributed by atoms with Gasteiger partial charge in [-0.2, -0.15) is 0 Å². The lowest BCUT2D eigenvalue weighted by Gasteiger charge is -2.39. The Morgan fingerprint density at radius 3 is 2.68 bits per heavy atom. The smallest absolute Gasteiger partial charge is 0.243 e. The van der Waals surface area contributed by atoms with E-state index in [1.807, 2.05) is 31.2 Å². The van der Waals surface area contributed by atoms with Crippen molar-refractivity contribution in [1.29, 1.82) is 0 Å². The molecular weight excluding hydrogens is 240 g/mol. The van der Waals surface area contributed by atoms with Crippen LogP contribution in [0.25, 0.3) is 0 Å². The van der Waals surface area contributed by atoms with Gasteiger partial charge in [0.15, 0.2) is 0 Å². The van der Waals surface area contributed by atoms with Gasteiger partial charge >= 0.3 is 0 Å². The third-order valence-corrected chi connectivity index (χ3v) is 3.95. The molecule has 3 N–H and O–H groups in total. The fourth-order valence-corrected chi connectivity index (χ4v) is 2.74. The molecule has 0 heterocycles. The Kier molecular flexibility index (Phi) is 4.10. The maximum Gasteiger partial charge on any atom is 0.243 e. The number of carbonyl (C=O) groups excluding carboxylic acids is 1. The second-order valence-electron chi connectivity index (χ2n) is 5.39. The fourth-order valence-electron chi connectivity index (χ4n) is 2.74. The van der Waals surface area contributed by atoms with Crippen LogP contribution < -0.4 is 11.1 Å². The number of nitrogens with one attached hydrogen (secondary N) is 1. The van der Waals surface area contributed by atoms with E-state index in [0.29, 0.717) is 6.42 Å². The van der Waals surface area contributed by atoms with Crippen LogP contribution >= 0.6 is 0 Å². The number of nitrogens with two attached hydrogens (primary N) is 1. The standard InChI is InChI=1S/C15H22N2O2/c1-11-5-7-12(8-6-11)17-15(14(16)18)9-3-4-13(10-15)19-2/h5-8,13,17H,3-4,9-10H2,1-2H3,(H2,16,18). The second-order valence-corrected chi connectivity index (χ2v) is 5.39. The van der Waals surface area contributed by atoms with Crippen LogP contribution in [0.15, 0.2) is 24.3 Å². The number of methoxy groups -OCH3 is 1. The predicted molar refractivity (Wildman–Crippen MR) is 76.0 cm³/mol. The van der Waals surface area contributed by atoms with E-state index in [1.165, 1.54) is 5.56 Å². The van der Waals surface area contributed by atoms with Crippen LogP contribution in [-0.4, -0.2) is 24.7 Å². The lowest BCUT2D eigenvalue weighted by atomic mass is 9.79. The number of ether oxygens (including phenoxy) is 1. The number of rotatable bonds is 4. The SMILES string of the molecule is COC1CCCC(Nc2ccc(C)cc2)(C(N)=O)C1. The monoisotopic (exact) mass is 262 g/mol. The number of amides is 1. The molecular formula is C15H22N2O2. The van der Waals surface area contributed by atoms with E-state index in [9.17, 15) is 4.79 Å². The largest absolute Gasteiger partial charge is 0.381 e. The first-order valence-electron chi connectivity index (χ1n) is 6.73. The summed E-state index contributed by atoms with van der Waals surface area (Å²) < 4.78 is 5.41. The summed E-state index contributed by atoms with van der Waals surface area (Å²) in [6.45, 7) is 2.04. The van der Waals surface area contributed by atoms with Crippen molar-refractivity contribution in [3.8, 4) is 0 Å². The second kappa shape index (κ2) is 5.61. The van der Waals surface area contributed by atoms with Gasteiger partial charge < -0.3 is 15.8 Å². The van der Waals surface area contributed by atoms with Crippen LogP contribution in [0.4, 0.5) is 5.69 Å². The number of hydrogen-bond acceptors (Lipinski definition) is 3. The van der Waals surface area contributed by atoms with Crippen LogP contribution in [0.3, 0.4) is 0 Å². The molecule has 4 nitrogen and oxygen atoms in total. The zero-order valence-electron chi connectivity index (χ0n) is 11.6. The lowest BCUT2D eigenvalue weighted by Crippen LogP contribution is -2.54. The van der Waals surface area contributed by atoms with Gasteiger partial charge in [0.25, 0.3) is 0 Å². The van der Waals surface area contributed by atoms with E-state index in [4.69, 9.17) is 10.5 Å². The average Bonchev–Trinajstić information content (AvgIpc) is 2.41. The van der Waals surface area contributed by atoms with Gasteiger partial charge in [0.2, 0.25) is 5.91 Å². The molecule has 19 heavy (non-hydrogen) atoms. The van der Waals surface area contributed by atoms with Crippen molar-refractivity contribution < 1.29 is 9.53 Å². The number of hydrogen-bond donors (Lipinski definition) is 2. The van der Waals surface area contributed by atoms with E-state index in [2.05, 4.69) is 5.32 Å². The summed E-state index contributed by atoms with van der Waals surface area (Å²) in [5.74, 6) is -0.296. The molecule has 1 aliphatic rings. The van der Waals surface area contributed by atoms with Gasteiger partial charge in [0.05, 0.1) is 6.10 Å². The normalized spacial score (nSPS) is 26.9. The highest BCUT2D eigenvalue weighted by molar-refractivity contribution is 5.88. The number of primary amides is 1. The molecule has 0 spiro atoms. The molecule has 1 fully saturated rings. The highest BCUT2D eigenvalue weighted by Gasteiger charge is 2.41. The lowest BCUT2D eigenvalue weighted by molar-refractivity contribution is -0.125. The quantitative estimate of drug-likeness (QED) is 0.874. The summed E-state index contributed by atoms with van der Waals surface area (Å²) in [6, 6.07) is 8.01. The van der Waals surface area contributed by atoms with Crippen molar-refractivity contribution >= 4 is 11.6 Å². The van der Waals surface area contributed by atoms with E-state index in [-0.39, 0.29) is 12.0 Å². The van der Waals surface area contributed by atoms with Gasteiger partial charge in [-0.1, -0.05) is 17.7 Å². The Bertz CT molecular complexity index is 444. The van der Waals surface area contributed by atoms with Crippen molar-refractivity contribution in [2.75, 3.05) is 12.4 Å². The van der Waals surface area contributed by atoms with Crippen LogP contribution in [0.2, 0.25) is 0 Å². The van der Waals surface area contributed by atoms with Gasteiger partial charge in [0, 0.05) is 19.2 Å². The predicted octanol–water partition coefficient (Wildman–Crippen LogP) is 2.22. The first-order valence-corrected chi connectivity index (χ1v) is 6.73. The Balaban J connectivity index is 2.19. The molecule has 1 aliphatic carbocycles. The Hall–Kier alpha value is -1.55. The van der Waals surface area contributed by atoms with E-state index < -0.39 is 5.54 Å². The van der Waals surface area contributed by atoms with Crippen molar-refractivity contribution in [3.05, 3.63) is 29.8 Å². The topological polar surface area (TPSA) is 64.3 Å². The van der Waals surface area contributed by atoms with Gasteiger partial charge in [-0.15, -0.1) is 0 Å². The van der Waals surface area contributed by atoms with Crippen LogP contribution in [0.5, 0.6) is 0 Å². The molecule has 1 saturated carbocycles. The molecule has 0 aliphatic heterocycles. The molecule has 1 amide bonds. The minimum atomic E-state index is -0.686. The molecule has 0 radical (unpaired) electrons. The highest BCUT2D eigenvalue weighted by atomic mass is 16.5. The zero-order valence-corrected chi connectivity index (χ0v) is 11.6. The summed E-state index contributed by atoms with van der Waals surface area (Å²) in [7, 11) is 1.69. The molecule has 4 heteroatoms. The van der Waals surface area contributed by atoms with Gasteiger partial charge in [-0.25, -0.2) is 0 Å². The van der Waals surface area contributed by atoms with E-state index in [1.54, 1.807) is 7.11 Å². The maximum atomic E-state index is 11.9. The highest BCUT2D eigenvalue weighted by Crippen LogP contribution is 2.33. The molecule has 2 atom stereocenters. The molecule has 2 unspecified atom stereocenters. The van der Waals surface area contributed by atoms with Gasteiger partial charge in [-0.3, -0.25) is 4.79 Å². The Labute approximate surface area is 114 Å². The van der Waals surface area contributed by atoms with Crippen molar-refractivity contribution in [2.45, 2.75) is 44.2 Å². The van der Waals surface area contributed by atoms with Crippen LogP contribution in [-0.2, 0) is 9.53 Å². The van der Waals surface area contributed by atoms with Crippen molar-refractivity contribution in [3.63, 3.8) is 0 Å².